The van der Waals surface area contributed by atoms with Crippen LogP contribution in [0, 0.1) is 0 Å². The number of nitrogens with zero attached hydrogens (tertiary/aromatic N) is 1. The van der Waals surface area contributed by atoms with Crippen molar-refractivity contribution in [1.29, 1.82) is 0 Å². The van der Waals surface area contributed by atoms with Crippen LogP contribution in [0.25, 0.3) is 0 Å². The number of esters is 2. The number of hydrogen-bond donors (Lipinski definition) is 1. The summed E-state index contributed by atoms with van der Waals surface area (Å²) >= 11 is 0. The van der Waals surface area contributed by atoms with Crippen molar-refractivity contribution in [2.24, 2.45) is 0 Å². The molecular weight excluding hydrogens is 629 g/mol. The molecule has 0 spiro atoms. The molecule has 48 heavy (non-hydrogen) atoms. The Morgan fingerprint density at radius 3 is 1.33 bits per heavy atom. The Labute approximate surface area is 295 Å². The lowest BCUT2D eigenvalue weighted by Gasteiger charge is -2.24. The molecule has 286 valence electrons. The van der Waals surface area contributed by atoms with E-state index in [0.29, 0.717) is 23.9 Å². The monoisotopic (exact) mass is 707 g/mol. The number of rotatable bonds is 36. The highest BCUT2D eigenvalue weighted by Crippen LogP contribution is 2.43. The summed E-state index contributed by atoms with van der Waals surface area (Å²) in [5.74, 6) is -0.792. The zero-order valence-electron chi connectivity index (χ0n) is 32.0. The molecule has 0 aromatic rings. The first-order chi connectivity index (χ1) is 23.0. The van der Waals surface area contributed by atoms with Crippen LogP contribution in [0.4, 0.5) is 0 Å². The lowest BCUT2D eigenvalue weighted by atomic mass is 10.0. The summed E-state index contributed by atoms with van der Waals surface area (Å²) in [6, 6.07) is 0. The van der Waals surface area contributed by atoms with Gasteiger partial charge in [-0.2, -0.15) is 0 Å². The molecule has 1 unspecified atom stereocenters. The van der Waals surface area contributed by atoms with Crippen LogP contribution in [0.5, 0.6) is 0 Å². The van der Waals surface area contributed by atoms with Gasteiger partial charge in [-0.25, -0.2) is 4.57 Å². The Bertz CT molecular complexity index is 804. The van der Waals surface area contributed by atoms with Gasteiger partial charge in [-0.15, -0.1) is 0 Å². The van der Waals surface area contributed by atoms with E-state index in [0.717, 1.165) is 32.1 Å². The molecule has 0 aromatic heterocycles. The van der Waals surface area contributed by atoms with Gasteiger partial charge >= 0.3 is 19.8 Å². The van der Waals surface area contributed by atoms with Gasteiger partial charge in [0.05, 0.1) is 27.7 Å². The number of carbonyl (C=O) groups excluding carboxylic acids is 2. The van der Waals surface area contributed by atoms with Crippen molar-refractivity contribution in [2.75, 3.05) is 47.5 Å². The van der Waals surface area contributed by atoms with Crippen molar-refractivity contribution in [3.8, 4) is 0 Å². The molecule has 0 saturated heterocycles. The zero-order chi connectivity index (χ0) is 35.8. The highest BCUT2D eigenvalue weighted by molar-refractivity contribution is 7.47. The molecule has 10 heteroatoms. The van der Waals surface area contributed by atoms with Gasteiger partial charge in [0.1, 0.15) is 19.8 Å². The Kier molecular flexibility index (Phi) is 31.3. The Hall–Kier alpha value is -0.990. The average Bonchev–Trinajstić information content (AvgIpc) is 3.02. The molecule has 0 amide bonds. The third kappa shape index (κ3) is 34.9. The average molecular weight is 707 g/mol. The summed E-state index contributed by atoms with van der Waals surface area (Å²) in [5, 5.41) is 0. The van der Waals surface area contributed by atoms with Gasteiger partial charge in [0.15, 0.2) is 6.10 Å². The molecular formula is C38H77NO8P+. The van der Waals surface area contributed by atoms with Gasteiger partial charge in [0.2, 0.25) is 0 Å². The predicted molar refractivity (Wildman–Crippen MR) is 197 cm³/mol. The van der Waals surface area contributed by atoms with Crippen molar-refractivity contribution in [3.05, 3.63) is 0 Å². The summed E-state index contributed by atoms with van der Waals surface area (Å²) in [6.07, 6.45) is 28.6. The largest absolute Gasteiger partial charge is 0.472 e. The van der Waals surface area contributed by atoms with Crippen molar-refractivity contribution in [1.82, 2.24) is 0 Å². The van der Waals surface area contributed by atoms with Gasteiger partial charge in [-0.1, -0.05) is 155 Å². The minimum absolute atomic E-state index is 0.0363. The number of unbranched alkanes of at least 4 members (excludes halogenated alkanes) is 22. The standard InChI is InChI=1S/C38H76NO8P/c1-6-8-10-12-14-16-17-18-19-20-21-23-24-26-28-30-37(40)44-34-36(35-46-48(42,43)45-33-32-39(3,4)5)47-38(41)31-29-27-25-22-15-13-11-9-7-2/h36H,6-35H2,1-5H3/p+1/t36-/m0/s1. The topological polar surface area (TPSA) is 108 Å². The predicted octanol–water partition coefficient (Wildman–Crippen LogP) is 10.5. The second-order valence-electron chi connectivity index (χ2n) is 14.7. The summed E-state index contributed by atoms with van der Waals surface area (Å²) in [5.41, 5.74) is 0. The SMILES string of the molecule is CCCCCCCCCCCCCCCCCC(=O)OC[C@@H](COP(=O)(O)OCC[N+](C)(C)C)OC(=O)CCCCCCCCCCC. The number of hydrogen-bond acceptors (Lipinski definition) is 7. The number of quaternary nitrogens is 1. The number of likely N-dealkylation sites (N-methyl/N-ethyl adjacent to an activating group) is 1. The number of carbonyl (C=O) groups is 2. The summed E-state index contributed by atoms with van der Waals surface area (Å²) < 4.78 is 34.1. The van der Waals surface area contributed by atoms with Crippen LogP contribution in [0.3, 0.4) is 0 Å². The number of phosphoric acid groups is 1. The fourth-order valence-electron chi connectivity index (χ4n) is 5.48. The fourth-order valence-corrected chi connectivity index (χ4v) is 6.23. The van der Waals surface area contributed by atoms with Crippen LogP contribution in [0.15, 0.2) is 0 Å². The van der Waals surface area contributed by atoms with Crippen LogP contribution in [0.1, 0.15) is 181 Å². The zero-order valence-corrected chi connectivity index (χ0v) is 32.9. The Morgan fingerprint density at radius 2 is 0.938 bits per heavy atom. The summed E-state index contributed by atoms with van der Waals surface area (Å²) in [4.78, 5) is 35.1. The second-order valence-corrected chi connectivity index (χ2v) is 16.1. The molecule has 2 atom stereocenters. The van der Waals surface area contributed by atoms with E-state index in [1.54, 1.807) is 0 Å². The third-order valence-electron chi connectivity index (χ3n) is 8.64. The number of phosphoric ester groups is 1. The van der Waals surface area contributed by atoms with Crippen LogP contribution in [-0.2, 0) is 32.7 Å². The molecule has 9 nitrogen and oxygen atoms in total. The van der Waals surface area contributed by atoms with E-state index in [-0.39, 0.29) is 25.6 Å². The van der Waals surface area contributed by atoms with Gasteiger partial charge < -0.3 is 18.9 Å². The second kappa shape index (κ2) is 32.0. The van der Waals surface area contributed by atoms with E-state index in [2.05, 4.69) is 13.8 Å². The third-order valence-corrected chi connectivity index (χ3v) is 9.62. The molecule has 0 aromatic carbocycles. The molecule has 0 saturated carbocycles. The number of ether oxygens (including phenoxy) is 2. The minimum Gasteiger partial charge on any atom is -0.462 e. The van der Waals surface area contributed by atoms with E-state index in [9.17, 15) is 19.0 Å². The molecule has 0 rings (SSSR count). The van der Waals surface area contributed by atoms with Crippen LogP contribution >= 0.6 is 7.82 Å². The normalized spacial score (nSPS) is 13.7. The first-order valence-electron chi connectivity index (χ1n) is 19.8. The minimum atomic E-state index is -4.36. The van der Waals surface area contributed by atoms with E-state index < -0.39 is 26.5 Å². The summed E-state index contributed by atoms with van der Waals surface area (Å²) in [6.45, 7) is 4.41. The van der Waals surface area contributed by atoms with E-state index >= 15 is 0 Å². The quantitative estimate of drug-likeness (QED) is 0.0297. The highest BCUT2D eigenvalue weighted by atomic mass is 31.2. The van der Waals surface area contributed by atoms with Gasteiger partial charge in [-0.05, 0) is 12.8 Å². The molecule has 0 fully saturated rings. The molecule has 0 bridgehead atoms. The lowest BCUT2D eigenvalue weighted by Crippen LogP contribution is -2.37. The van der Waals surface area contributed by atoms with Gasteiger partial charge in [0.25, 0.3) is 0 Å². The lowest BCUT2D eigenvalue weighted by molar-refractivity contribution is -0.870. The summed E-state index contributed by atoms with van der Waals surface area (Å²) in [7, 11) is 1.49. The van der Waals surface area contributed by atoms with E-state index in [4.69, 9.17) is 18.5 Å². The van der Waals surface area contributed by atoms with Crippen molar-refractivity contribution in [3.63, 3.8) is 0 Å². The van der Waals surface area contributed by atoms with Crippen LogP contribution in [0.2, 0.25) is 0 Å². The van der Waals surface area contributed by atoms with Crippen molar-refractivity contribution >= 4 is 19.8 Å². The first-order valence-corrected chi connectivity index (χ1v) is 21.3. The maximum absolute atomic E-state index is 12.6. The highest BCUT2D eigenvalue weighted by Gasteiger charge is 2.27. The van der Waals surface area contributed by atoms with Crippen molar-refractivity contribution in [2.45, 2.75) is 187 Å². The molecule has 0 aliphatic carbocycles. The smallest absolute Gasteiger partial charge is 0.462 e. The van der Waals surface area contributed by atoms with Gasteiger partial charge in [0, 0.05) is 12.8 Å². The molecule has 1 N–H and O–H groups in total. The van der Waals surface area contributed by atoms with E-state index in [1.807, 2.05) is 21.1 Å². The maximum atomic E-state index is 12.6. The van der Waals surface area contributed by atoms with Gasteiger partial charge in [-0.3, -0.25) is 18.6 Å². The van der Waals surface area contributed by atoms with E-state index in [1.165, 1.54) is 116 Å². The Morgan fingerprint density at radius 1 is 0.562 bits per heavy atom. The maximum Gasteiger partial charge on any atom is 0.472 e. The van der Waals surface area contributed by atoms with Crippen molar-refractivity contribution < 1.29 is 42.1 Å². The van der Waals surface area contributed by atoms with Crippen LogP contribution < -0.4 is 0 Å². The van der Waals surface area contributed by atoms with Crippen LogP contribution in [-0.4, -0.2) is 74.9 Å². The first kappa shape index (κ1) is 47.0. The molecule has 0 aliphatic rings. The molecule has 0 heterocycles. The molecule has 0 radical (unpaired) electrons. The fraction of sp³-hybridized carbons (Fsp3) is 0.947. The Balaban J connectivity index is 4.33. The molecule has 0 aliphatic heterocycles.